The number of halogens is 1. The molecule has 1 aromatic heterocycles. The Bertz CT molecular complexity index is 432. The van der Waals surface area contributed by atoms with E-state index < -0.39 is 0 Å². The Hall–Kier alpha value is -0.990. The van der Waals surface area contributed by atoms with Crippen LogP contribution in [0.2, 0.25) is 0 Å². The van der Waals surface area contributed by atoms with E-state index >= 15 is 0 Å². The van der Waals surface area contributed by atoms with E-state index in [2.05, 4.69) is 34.6 Å². The van der Waals surface area contributed by atoms with Crippen LogP contribution in [0.15, 0.2) is 30.5 Å². The molecule has 0 amide bonds. The molecule has 2 N–H and O–H groups in total. The van der Waals surface area contributed by atoms with Gasteiger partial charge in [0.15, 0.2) is 0 Å². The van der Waals surface area contributed by atoms with E-state index in [-0.39, 0.29) is 12.4 Å². The van der Waals surface area contributed by atoms with E-state index in [1.807, 2.05) is 6.20 Å². The Labute approximate surface area is 89.1 Å². The minimum absolute atomic E-state index is 0. The minimum atomic E-state index is 0. The van der Waals surface area contributed by atoms with Crippen LogP contribution in [-0.4, -0.2) is 11.5 Å². The molecular formula is C11H13ClN2. The first-order valence-corrected chi connectivity index (χ1v) is 4.74. The van der Waals surface area contributed by atoms with Crippen LogP contribution in [0.5, 0.6) is 0 Å². The fourth-order valence-electron chi connectivity index (χ4n) is 1.86. The van der Waals surface area contributed by atoms with Gasteiger partial charge >= 0.3 is 0 Å². The summed E-state index contributed by atoms with van der Waals surface area (Å²) >= 11 is 0. The van der Waals surface area contributed by atoms with Crippen molar-refractivity contribution in [3.8, 4) is 0 Å². The lowest BCUT2D eigenvalue weighted by atomic mass is 9.97. The molecule has 1 aliphatic rings. The largest absolute Gasteiger partial charge is 0.361 e. The molecule has 0 aliphatic carbocycles. The lowest BCUT2D eigenvalue weighted by molar-refractivity contribution is 0.383. The number of rotatable bonds is 1. The SMILES string of the molecule is Cl.c1cc2cc([C@@H]3CCN3)ccc2[nH]1. The monoisotopic (exact) mass is 208 g/mol. The quantitative estimate of drug-likeness (QED) is 0.741. The first-order valence-electron chi connectivity index (χ1n) is 4.74. The molecule has 0 radical (unpaired) electrons. The minimum Gasteiger partial charge on any atom is -0.361 e. The molecule has 1 aliphatic heterocycles. The van der Waals surface area contributed by atoms with Crippen molar-refractivity contribution >= 4 is 23.3 Å². The summed E-state index contributed by atoms with van der Waals surface area (Å²) in [5.74, 6) is 0. The Balaban J connectivity index is 0.000000750. The molecule has 0 spiro atoms. The van der Waals surface area contributed by atoms with E-state index in [4.69, 9.17) is 0 Å². The fourth-order valence-corrected chi connectivity index (χ4v) is 1.86. The van der Waals surface area contributed by atoms with Crippen LogP contribution >= 0.6 is 12.4 Å². The molecule has 1 atom stereocenters. The molecule has 3 heteroatoms. The van der Waals surface area contributed by atoms with Gasteiger partial charge in [0.1, 0.15) is 0 Å². The molecule has 2 nitrogen and oxygen atoms in total. The Kier molecular flexibility index (Phi) is 2.48. The number of hydrogen-bond donors (Lipinski definition) is 2. The lowest BCUT2D eigenvalue weighted by Crippen LogP contribution is -2.34. The molecule has 2 heterocycles. The zero-order valence-electron chi connectivity index (χ0n) is 7.79. The van der Waals surface area contributed by atoms with E-state index in [0.29, 0.717) is 6.04 Å². The van der Waals surface area contributed by atoms with Crippen LogP contribution in [0.3, 0.4) is 0 Å². The van der Waals surface area contributed by atoms with Gasteiger partial charge in [-0.1, -0.05) is 6.07 Å². The highest BCUT2D eigenvalue weighted by Crippen LogP contribution is 2.25. The maximum atomic E-state index is 3.41. The molecule has 3 rings (SSSR count). The molecule has 14 heavy (non-hydrogen) atoms. The zero-order valence-corrected chi connectivity index (χ0v) is 8.60. The fraction of sp³-hybridized carbons (Fsp3) is 0.273. The van der Waals surface area contributed by atoms with Crippen LogP contribution in [0.4, 0.5) is 0 Å². The first kappa shape index (κ1) is 9.56. The van der Waals surface area contributed by atoms with Crippen LogP contribution < -0.4 is 5.32 Å². The second-order valence-corrected chi connectivity index (χ2v) is 3.62. The molecule has 1 aromatic carbocycles. The van der Waals surface area contributed by atoms with Gasteiger partial charge in [-0.05, 0) is 42.1 Å². The number of fused-ring (bicyclic) bond motifs is 1. The van der Waals surface area contributed by atoms with E-state index in [1.165, 1.54) is 22.9 Å². The van der Waals surface area contributed by atoms with Gasteiger partial charge in [-0.25, -0.2) is 0 Å². The average molecular weight is 209 g/mol. The van der Waals surface area contributed by atoms with Crippen LogP contribution in [-0.2, 0) is 0 Å². The summed E-state index contributed by atoms with van der Waals surface area (Å²) in [5.41, 5.74) is 2.64. The predicted molar refractivity (Wildman–Crippen MR) is 60.9 cm³/mol. The number of aromatic amines is 1. The number of hydrogen-bond acceptors (Lipinski definition) is 1. The summed E-state index contributed by atoms with van der Waals surface area (Å²) < 4.78 is 0. The number of H-pyrrole nitrogens is 1. The maximum Gasteiger partial charge on any atom is 0.0454 e. The van der Waals surface area contributed by atoms with Crippen molar-refractivity contribution in [2.45, 2.75) is 12.5 Å². The smallest absolute Gasteiger partial charge is 0.0454 e. The summed E-state index contributed by atoms with van der Waals surface area (Å²) in [7, 11) is 0. The highest BCUT2D eigenvalue weighted by atomic mass is 35.5. The van der Waals surface area contributed by atoms with Gasteiger partial charge < -0.3 is 10.3 Å². The molecule has 1 fully saturated rings. The lowest BCUT2D eigenvalue weighted by Gasteiger charge is -2.28. The van der Waals surface area contributed by atoms with Crippen molar-refractivity contribution in [2.75, 3.05) is 6.54 Å². The number of aromatic nitrogens is 1. The van der Waals surface area contributed by atoms with Crippen molar-refractivity contribution in [1.82, 2.24) is 10.3 Å². The van der Waals surface area contributed by atoms with Crippen molar-refractivity contribution in [1.29, 1.82) is 0 Å². The number of benzene rings is 1. The topological polar surface area (TPSA) is 27.8 Å². The van der Waals surface area contributed by atoms with Crippen molar-refractivity contribution in [3.63, 3.8) is 0 Å². The van der Waals surface area contributed by atoms with Gasteiger partial charge in [-0.15, -0.1) is 12.4 Å². The molecule has 2 aromatic rings. The van der Waals surface area contributed by atoms with E-state index in [9.17, 15) is 0 Å². The van der Waals surface area contributed by atoms with Gasteiger partial charge in [0.2, 0.25) is 0 Å². The van der Waals surface area contributed by atoms with Gasteiger partial charge in [-0.2, -0.15) is 0 Å². The van der Waals surface area contributed by atoms with Gasteiger partial charge in [0.25, 0.3) is 0 Å². The summed E-state index contributed by atoms with van der Waals surface area (Å²) in [6, 6.07) is 9.35. The van der Waals surface area contributed by atoms with Gasteiger partial charge in [0, 0.05) is 17.8 Å². The summed E-state index contributed by atoms with van der Waals surface area (Å²) in [4.78, 5) is 3.20. The third-order valence-corrected chi connectivity index (χ3v) is 2.80. The average Bonchev–Trinajstić information content (AvgIpc) is 2.47. The van der Waals surface area contributed by atoms with Gasteiger partial charge in [0.05, 0.1) is 0 Å². The zero-order chi connectivity index (χ0) is 8.67. The third kappa shape index (κ3) is 1.41. The van der Waals surface area contributed by atoms with Crippen molar-refractivity contribution in [2.24, 2.45) is 0 Å². The van der Waals surface area contributed by atoms with Crippen LogP contribution in [0.25, 0.3) is 10.9 Å². The Morgan fingerprint density at radius 1 is 1.21 bits per heavy atom. The van der Waals surface area contributed by atoms with Crippen molar-refractivity contribution < 1.29 is 0 Å². The molecular weight excluding hydrogens is 196 g/mol. The van der Waals surface area contributed by atoms with Crippen LogP contribution in [0, 0.1) is 0 Å². The molecule has 0 bridgehead atoms. The second kappa shape index (κ2) is 3.64. The molecule has 1 saturated heterocycles. The van der Waals surface area contributed by atoms with E-state index in [0.717, 1.165) is 6.54 Å². The van der Waals surface area contributed by atoms with Crippen LogP contribution in [0.1, 0.15) is 18.0 Å². The summed E-state index contributed by atoms with van der Waals surface area (Å²) in [5, 5.41) is 4.72. The highest BCUT2D eigenvalue weighted by molar-refractivity contribution is 5.85. The molecule has 74 valence electrons. The van der Waals surface area contributed by atoms with Crippen molar-refractivity contribution in [3.05, 3.63) is 36.0 Å². The normalized spacial score (nSPS) is 20.1. The van der Waals surface area contributed by atoms with E-state index in [1.54, 1.807) is 0 Å². The molecule has 0 unspecified atom stereocenters. The predicted octanol–water partition coefficient (Wildman–Crippen LogP) is 2.62. The Morgan fingerprint density at radius 3 is 2.79 bits per heavy atom. The summed E-state index contributed by atoms with van der Waals surface area (Å²) in [6.07, 6.45) is 3.26. The third-order valence-electron chi connectivity index (χ3n) is 2.80. The van der Waals surface area contributed by atoms with Gasteiger partial charge in [-0.3, -0.25) is 0 Å². The second-order valence-electron chi connectivity index (χ2n) is 3.62. The first-order chi connectivity index (χ1) is 6.43. The maximum absolute atomic E-state index is 3.41. The standard InChI is InChI=1S/C11H12N2.ClH/c1-2-10-9(3-5-12-10)7-8(1)11-4-6-13-11;/h1-3,5,7,11-13H,4,6H2;1H/t11-;/m0./s1. The highest BCUT2D eigenvalue weighted by Gasteiger charge is 2.18. The Morgan fingerprint density at radius 2 is 2.07 bits per heavy atom. The number of nitrogens with one attached hydrogen (secondary N) is 2. The molecule has 0 saturated carbocycles. The summed E-state index contributed by atoms with van der Waals surface area (Å²) in [6.45, 7) is 1.16.